The van der Waals surface area contributed by atoms with E-state index in [9.17, 15) is 17.6 Å². The number of benzene rings is 2. The van der Waals surface area contributed by atoms with Gasteiger partial charge in [-0.15, -0.1) is 0 Å². The summed E-state index contributed by atoms with van der Waals surface area (Å²) in [5, 5.41) is 0. The van der Waals surface area contributed by atoms with Gasteiger partial charge in [0.05, 0.1) is 6.04 Å². The predicted molar refractivity (Wildman–Crippen MR) is 115 cm³/mol. The minimum Gasteiger partial charge on any atom is -0.337 e. The summed E-state index contributed by atoms with van der Waals surface area (Å²) in [7, 11) is -3.99. The molecule has 2 atom stereocenters. The molecule has 1 saturated carbocycles. The largest absolute Gasteiger partial charge is 0.337 e. The lowest BCUT2D eigenvalue weighted by Gasteiger charge is -2.34. The van der Waals surface area contributed by atoms with Gasteiger partial charge in [0.25, 0.3) is 0 Å². The number of rotatable bonds is 7. The quantitative estimate of drug-likeness (QED) is 0.731. The second-order valence-corrected chi connectivity index (χ2v) is 9.92. The minimum atomic E-state index is -3.99. The van der Waals surface area contributed by atoms with E-state index in [1.807, 2.05) is 53.4 Å². The molecule has 0 radical (unpaired) electrons. The number of halogens is 1. The SMILES string of the molecule is O=C(C1CCC1)N1CC[C@H](NS(=O)(=O)CF)[C@@H]1Cc1cccc(-c2ccccc2)c1. The van der Waals surface area contributed by atoms with E-state index in [1.54, 1.807) is 0 Å². The second kappa shape index (κ2) is 8.86. The van der Waals surface area contributed by atoms with Crippen molar-refractivity contribution >= 4 is 15.9 Å². The number of nitrogens with one attached hydrogen (secondary N) is 1. The first-order valence-corrected chi connectivity index (χ1v) is 12.1. The van der Waals surface area contributed by atoms with Gasteiger partial charge in [-0.1, -0.05) is 61.0 Å². The zero-order chi connectivity index (χ0) is 21.1. The summed E-state index contributed by atoms with van der Waals surface area (Å²) < 4.78 is 39.2. The van der Waals surface area contributed by atoms with Gasteiger partial charge in [0.1, 0.15) is 0 Å². The fraction of sp³-hybridized carbons (Fsp3) is 0.435. The zero-order valence-electron chi connectivity index (χ0n) is 16.8. The Morgan fingerprint density at radius 3 is 2.43 bits per heavy atom. The molecule has 1 heterocycles. The van der Waals surface area contributed by atoms with E-state index < -0.39 is 22.1 Å². The van der Waals surface area contributed by atoms with Gasteiger partial charge >= 0.3 is 0 Å². The van der Waals surface area contributed by atoms with E-state index in [1.165, 1.54) is 0 Å². The number of carbonyl (C=O) groups is 1. The Kier molecular flexibility index (Phi) is 6.20. The van der Waals surface area contributed by atoms with Crippen LogP contribution in [0.2, 0.25) is 0 Å². The molecule has 5 nitrogen and oxygen atoms in total. The Hall–Kier alpha value is -2.25. The molecule has 1 N–H and O–H groups in total. The van der Waals surface area contributed by atoms with Gasteiger partial charge in [-0.3, -0.25) is 4.79 Å². The number of carbonyl (C=O) groups excluding carboxylic acids is 1. The maximum absolute atomic E-state index is 13.0. The van der Waals surface area contributed by atoms with E-state index in [0.29, 0.717) is 19.4 Å². The molecule has 1 saturated heterocycles. The zero-order valence-corrected chi connectivity index (χ0v) is 17.7. The van der Waals surface area contributed by atoms with Crippen molar-refractivity contribution in [2.45, 2.75) is 44.2 Å². The van der Waals surface area contributed by atoms with Gasteiger partial charge in [-0.05, 0) is 42.4 Å². The molecule has 7 heteroatoms. The molecular formula is C23H27FN2O3S. The highest BCUT2D eigenvalue weighted by Gasteiger charge is 2.42. The Bertz CT molecular complexity index is 993. The molecule has 1 amide bonds. The molecule has 2 aromatic carbocycles. The highest BCUT2D eigenvalue weighted by atomic mass is 32.2. The molecule has 1 aliphatic heterocycles. The third kappa shape index (κ3) is 4.57. The van der Waals surface area contributed by atoms with E-state index in [-0.39, 0.29) is 17.9 Å². The maximum Gasteiger partial charge on any atom is 0.241 e. The summed E-state index contributed by atoms with van der Waals surface area (Å²) in [5.41, 5.74) is 3.20. The molecule has 1 aliphatic carbocycles. The van der Waals surface area contributed by atoms with Crippen LogP contribution in [0.5, 0.6) is 0 Å². The third-order valence-corrected chi connectivity index (χ3v) is 7.19. The number of amides is 1. The Morgan fingerprint density at radius 2 is 1.77 bits per heavy atom. The molecule has 4 rings (SSSR count). The summed E-state index contributed by atoms with van der Waals surface area (Å²) >= 11 is 0. The average Bonchev–Trinajstić information content (AvgIpc) is 3.09. The van der Waals surface area contributed by atoms with Crippen molar-refractivity contribution in [1.82, 2.24) is 9.62 Å². The predicted octanol–water partition coefficient (Wildman–Crippen LogP) is 3.51. The minimum absolute atomic E-state index is 0.0414. The molecular weight excluding hydrogens is 403 g/mol. The van der Waals surface area contributed by atoms with E-state index >= 15 is 0 Å². The molecule has 160 valence electrons. The number of likely N-dealkylation sites (tertiary alicyclic amines) is 1. The Balaban J connectivity index is 1.59. The molecule has 2 fully saturated rings. The highest BCUT2D eigenvalue weighted by molar-refractivity contribution is 7.89. The highest BCUT2D eigenvalue weighted by Crippen LogP contribution is 2.33. The normalized spacial score (nSPS) is 22.1. The molecule has 0 bridgehead atoms. The van der Waals surface area contributed by atoms with Crippen LogP contribution in [0.15, 0.2) is 54.6 Å². The summed E-state index contributed by atoms with van der Waals surface area (Å²) in [6, 6.07) is 15.9. The topological polar surface area (TPSA) is 66.5 Å². The van der Waals surface area contributed by atoms with Gasteiger partial charge in [0.2, 0.25) is 21.9 Å². The molecule has 2 aliphatic rings. The lowest BCUT2D eigenvalue weighted by molar-refractivity contribution is -0.139. The first-order valence-electron chi connectivity index (χ1n) is 10.5. The second-order valence-electron chi connectivity index (χ2n) is 8.23. The Morgan fingerprint density at radius 1 is 1.03 bits per heavy atom. The van der Waals surface area contributed by atoms with Crippen molar-refractivity contribution in [3.63, 3.8) is 0 Å². The molecule has 0 aromatic heterocycles. The van der Waals surface area contributed by atoms with Gasteiger partial charge < -0.3 is 4.90 Å². The molecule has 2 aromatic rings. The number of sulfonamides is 1. The van der Waals surface area contributed by atoms with Crippen molar-refractivity contribution in [3.05, 3.63) is 60.2 Å². The fourth-order valence-electron chi connectivity index (χ4n) is 4.42. The van der Waals surface area contributed by atoms with Crippen LogP contribution < -0.4 is 4.72 Å². The van der Waals surface area contributed by atoms with Crippen molar-refractivity contribution < 1.29 is 17.6 Å². The number of hydrogen-bond acceptors (Lipinski definition) is 3. The van der Waals surface area contributed by atoms with Crippen LogP contribution in [0, 0.1) is 5.92 Å². The number of hydrogen-bond donors (Lipinski definition) is 1. The van der Waals surface area contributed by atoms with Crippen molar-refractivity contribution in [2.75, 3.05) is 12.6 Å². The molecule has 30 heavy (non-hydrogen) atoms. The van der Waals surface area contributed by atoms with Crippen molar-refractivity contribution in [3.8, 4) is 11.1 Å². The third-order valence-electron chi connectivity index (χ3n) is 6.24. The van der Waals surface area contributed by atoms with Crippen LogP contribution >= 0.6 is 0 Å². The van der Waals surface area contributed by atoms with Crippen molar-refractivity contribution in [1.29, 1.82) is 0 Å². The van der Waals surface area contributed by atoms with E-state index in [0.717, 1.165) is 36.0 Å². The summed E-state index contributed by atoms with van der Waals surface area (Å²) in [6.07, 6.45) is 3.88. The first kappa shape index (κ1) is 21.0. The first-order chi connectivity index (χ1) is 14.5. The monoisotopic (exact) mass is 430 g/mol. The Labute approximate surface area is 177 Å². The standard InChI is InChI=1S/C23H27FN2O3S/c24-16-30(28,29)25-21-12-13-26(23(27)19-9-5-10-19)22(21)15-17-6-4-11-20(14-17)18-7-2-1-3-8-18/h1-4,6-8,11,14,19,21-22,25H,5,9-10,12-13,15-16H2/t21-,22-/m0/s1. The summed E-state index contributed by atoms with van der Waals surface area (Å²) in [5.74, 6) is 0.145. The van der Waals surface area contributed by atoms with Crippen molar-refractivity contribution in [2.24, 2.45) is 5.92 Å². The van der Waals surface area contributed by atoms with E-state index in [4.69, 9.17) is 0 Å². The van der Waals surface area contributed by atoms with Crippen LogP contribution in [-0.4, -0.2) is 43.9 Å². The van der Waals surface area contributed by atoms with Gasteiger partial charge in [-0.2, -0.15) is 0 Å². The lowest BCUT2D eigenvalue weighted by atomic mass is 9.84. The van der Waals surface area contributed by atoms with Crippen LogP contribution in [0.3, 0.4) is 0 Å². The number of nitrogens with zero attached hydrogens (tertiary/aromatic N) is 1. The summed E-state index contributed by atoms with van der Waals surface area (Å²) in [6.45, 7) is 0.498. The lowest BCUT2D eigenvalue weighted by Crippen LogP contribution is -2.50. The van der Waals surface area contributed by atoms with Gasteiger partial charge in [0.15, 0.2) is 0 Å². The molecule has 0 unspecified atom stereocenters. The summed E-state index contributed by atoms with van der Waals surface area (Å²) in [4.78, 5) is 14.8. The van der Waals surface area contributed by atoms with E-state index in [2.05, 4.69) is 10.8 Å². The maximum atomic E-state index is 13.0. The van der Waals surface area contributed by atoms with Crippen LogP contribution in [0.25, 0.3) is 11.1 Å². The van der Waals surface area contributed by atoms with Gasteiger partial charge in [0, 0.05) is 18.5 Å². The average molecular weight is 431 g/mol. The fourth-order valence-corrected chi connectivity index (χ4v) is 5.22. The van der Waals surface area contributed by atoms with Crippen LogP contribution in [0.4, 0.5) is 4.39 Å². The van der Waals surface area contributed by atoms with Crippen LogP contribution in [-0.2, 0) is 21.2 Å². The van der Waals surface area contributed by atoms with Gasteiger partial charge in [-0.25, -0.2) is 17.5 Å². The van der Waals surface area contributed by atoms with Crippen LogP contribution in [0.1, 0.15) is 31.2 Å². The smallest absolute Gasteiger partial charge is 0.241 e. The molecule has 0 spiro atoms. The number of alkyl halides is 1.